The molecule has 0 aromatic carbocycles. The number of nitrogens with zero attached hydrogens (tertiary/aromatic N) is 1. The van der Waals surface area contributed by atoms with Crippen molar-refractivity contribution in [2.75, 3.05) is 6.54 Å². The highest BCUT2D eigenvalue weighted by molar-refractivity contribution is 7.89. The molecule has 0 radical (unpaired) electrons. The van der Waals surface area contributed by atoms with Crippen molar-refractivity contribution in [3.8, 4) is 0 Å². The maximum atomic E-state index is 12.2. The highest BCUT2D eigenvalue weighted by Gasteiger charge is 2.23. The lowest BCUT2D eigenvalue weighted by molar-refractivity contribution is -0.120. The monoisotopic (exact) mass is 328 g/mol. The third-order valence-electron chi connectivity index (χ3n) is 3.97. The zero-order chi connectivity index (χ0) is 16.2. The van der Waals surface area contributed by atoms with E-state index in [0.717, 1.165) is 25.7 Å². The smallest absolute Gasteiger partial charge is 0.244 e. The molecule has 1 fully saturated rings. The van der Waals surface area contributed by atoms with Crippen LogP contribution < -0.4 is 10.0 Å². The molecule has 1 amide bonds. The van der Waals surface area contributed by atoms with Gasteiger partial charge < -0.3 is 5.32 Å². The van der Waals surface area contributed by atoms with E-state index in [9.17, 15) is 13.2 Å². The summed E-state index contributed by atoms with van der Waals surface area (Å²) in [6.45, 7) is 3.01. The number of H-pyrrole nitrogens is 1. The van der Waals surface area contributed by atoms with Gasteiger partial charge in [-0.05, 0) is 26.7 Å². The molecule has 1 aliphatic carbocycles. The van der Waals surface area contributed by atoms with Gasteiger partial charge in [0.15, 0.2) is 0 Å². The Hall–Kier alpha value is -1.41. The minimum Gasteiger partial charge on any atom is -0.352 e. The molecule has 1 aromatic rings. The Balaban J connectivity index is 1.90. The topological polar surface area (TPSA) is 104 Å². The summed E-state index contributed by atoms with van der Waals surface area (Å²) in [7, 11) is -3.73. The summed E-state index contributed by atoms with van der Waals surface area (Å²) in [5.41, 5.74) is 0.864. The molecule has 124 valence electrons. The van der Waals surface area contributed by atoms with Crippen LogP contribution in [-0.2, 0) is 14.8 Å². The molecule has 2 rings (SSSR count). The Morgan fingerprint density at radius 1 is 1.23 bits per heavy atom. The molecule has 1 saturated carbocycles. The maximum absolute atomic E-state index is 12.2. The SMILES string of the molecule is Cc1n[nH]c(C)c1S(=O)(=O)NCC(=O)NC1CCCCCC1. The maximum Gasteiger partial charge on any atom is 0.244 e. The summed E-state index contributed by atoms with van der Waals surface area (Å²) < 4.78 is 26.8. The lowest BCUT2D eigenvalue weighted by atomic mass is 10.1. The van der Waals surface area contributed by atoms with Crippen LogP contribution in [0.4, 0.5) is 0 Å². The highest BCUT2D eigenvalue weighted by atomic mass is 32.2. The Morgan fingerprint density at radius 2 is 1.86 bits per heavy atom. The fraction of sp³-hybridized carbons (Fsp3) is 0.714. The minimum atomic E-state index is -3.73. The lowest BCUT2D eigenvalue weighted by Crippen LogP contribution is -2.41. The van der Waals surface area contributed by atoms with Crippen molar-refractivity contribution in [3.05, 3.63) is 11.4 Å². The van der Waals surface area contributed by atoms with Crippen LogP contribution in [0.1, 0.15) is 49.9 Å². The van der Waals surface area contributed by atoms with Crippen LogP contribution in [0.5, 0.6) is 0 Å². The molecule has 1 heterocycles. The summed E-state index contributed by atoms with van der Waals surface area (Å²) in [6, 6.07) is 0.164. The normalized spacial score (nSPS) is 17.2. The Morgan fingerprint density at radius 3 is 2.41 bits per heavy atom. The van der Waals surface area contributed by atoms with E-state index < -0.39 is 10.0 Å². The first-order chi connectivity index (χ1) is 10.4. The first kappa shape index (κ1) is 17.0. The average Bonchev–Trinajstić information content (AvgIpc) is 2.66. The van der Waals surface area contributed by atoms with E-state index in [1.807, 2.05) is 0 Å². The zero-order valence-corrected chi connectivity index (χ0v) is 13.9. The molecule has 0 bridgehead atoms. The first-order valence-electron chi connectivity index (χ1n) is 7.71. The van der Waals surface area contributed by atoms with Crippen molar-refractivity contribution < 1.29 is 13.2 Å². The third-order valence-corrected chi connectivity index (χ3v) is 5.64. The van der Waals surface area contributed by atoms with E-state index in [-0.39, 0.29) is 23.4 Å². The Bertz CT molecular complexity index is 597. The van der Waals surface area contributed by atoms with Gasteiger partial charge in [0.2, 0.25) is 15.9 Å². The number of aryl methyl sites for hydroxylation is 2. The van der Waals surface area contributed by atoms with Crippen LogP contribution >= 0.6 is 0 Å². The minimum absolute atomic E-state index is 0.120. The van der Waals surface area contributed by atoms with Gasteiger partial charge in [-0.3, -0.25) is 9.89 Å². The van der Waals surface area contributed by atoms with E-state index in [2.05, 4.69) is 20.2 Å². The Labute approximate surface area is 131 Å². The molecule has 22 heavy (non-hydrogen) atoms. The van der Waals surface area contributed by atoms with Crippen molar-refractivity contribution in [3.63, 3.8) is 0 Å². The number of nitrogens with one attached hydrogen (secondary N) is 3. The molecular weight excluding hydrogens is 304 g/mol. The molecule has 8 heteroatoms. The largest absolute Gasteiger partial charge is 0.352 e. The second-order valence-electron chi connectivity index (χ2n) is 5.84. The number of amides is 1. The third kappa shape index (κ3) is 4.30. The van der Waals surface area contributed by atoms with Gasteiger partial charge in [-0.2, -0.15) is 5.10 Å². The van der Waals surface area contributed by atoms with Gasteiger partial charge in [-0.15, -0.1) is 0 Å². The predicted molar refractivity (Wildman–Crippen MR) is 82.9 cm³/mol. The summed E-state index contributed by atoms with van der Waals surface area (Å²) >= 11 is 0. The predicted octanol–water partition coefficient (Wildman–Crippen LogP) is 1.14. The summed E-state index contributed by atoms with van der Waals surface area (Å²) in [5, 5.41) is 9.42. The fourth-order valence-corrected chi connectivity index (χ4v) is 4.22. The molecule has 0 unspecified atom stereocenters. The number of aromatic amines is 1. The van der Waals surface area contributed by atoms with Crippen LogP contribution in [0.25, 0.3) is 0 Å². The summed E-state index contributed by atoms with van der Waals surface area (Å²) in [6.07, 6.45) is 6.58. The molecule has 0 atom stereocenters. The molecule has 3 N–H and O–H groups in total. The molecular formula is C14H24N4O3S. The average molecular weight is 328 g/mol. The van der Waals surface area contributed by atoms with Crippen LogP contribution in [0.2, 0.25) is 0 Å². The number of carbonyl (C=O) groups is 1. The van der Waals surface area contributed by atoms with Crippen molar-refractivity contribution >= 4 is 15.9 Å². The van der Waals surface area contributed by atoms with E-state index >= 15 is 0 Å². The van der Waals surface area contributed by atoms with Crippen LogP contribution in [0.15, 0.2) is 4.90 Å². The molecule has 1 aromatic heterocycles. The number of carbonyl (C=O) groups excluding carboxylic acids is 1. The first-order valence-corrected chi connectivity index (χ1v) is 9.19. The molecule has 0 spiro atoms. The number of rotatable bonds is 5. The van der Waals surface area contributed by atoms with E-state index in [1.165, 1.54) is 12.8 Å². The second-order valence-corrected chi connectivity index (χ2v) is 7.55. The highest BCUT2D eigenvalue weighted by Crippen LogP contribution is 2.17. The molecule has 7 nitrogen and oxygen atoms in total. The van der Waals surface area contributed by atoms with Crippen molar-refractivity contribution in [1.82, 2.24) is 20.2 Å². The van der Waals surface area contributed by atoms with Gasteiger partial charge >= 0.3 is 0 Å². The van der Waals surface area contributed by atoms with Gasteiger partial charge in [0.05, 0.1) is 17.9 Å². The number of aromatic nitrogens is 2. The van der Waals surface area contributed by atoms with Crippen molar-refractivity contribution in [2.45, 2.75) is 63.3 Å². The van der Waals surface area contributed by atoms with Gasteiger partial charge in [-0.1, -0.05) is 25.7 Å². The van der Waals surface area contributed by atoms with E-state index in [0.29, 0.717) is 11.4 Å². The van der Waals surface area contributed by atoms with E-state index in [1.54, 1.807) is 13.8 Å². The Kier molecular flexibility index (Phi) is 5.57. The van der Waals surface area contributed by atoms with Crippen molar-refractivity contribution in [2.24, 2.45) is 0 Å². The second kappa shape index (κ2) is 7.23. The van der Waals surface area contributed by atoms with Gasteiger partial charge in [0.25, 0.3) is 0 Å². The standard InChI is InChI=1S/C14H24N4O3S/c1-10-14(11(2)18-17-10)22(20,21)15-9-13(19)16-12-7-5-3-4-6-8-12/h12,15H,3-9H2,1-2H3,(H,16,19)(H,17,18). The summed E-state index contributed by atoms with van der Waals surface area (Å²) in [4.78, 5) is 12.1. The van der Waals surface area contributed by atoms with Crippen LogP contribution in [0.3, 0.4) is 0 Å². The molecule has 0 aliphatic heterocycles. The van der Waals surface area contributed by atoms with Gasteiger partial charge in [0, 0.05) is 6.04 Å². The lowest BCUT2D eigenvalue weighted by Gasteiger charge is -2.16. The van der Waals surface area contributed by atoms with Crippen LogP contribution in [0, 0.1) is 13.8 Å². The number of sulfonamides is 1. The molecule has 0 saturated heterocycles. The molecule has 1 aliphatic rings. The van der Waals surface area contributed by atoms with Crippen LogP contribution in [-0.4, -0.2) is 37.1 Å². The van der Waals surface area contributed by atoms with Gasteiger partial charge in [0.1, 0.15) is 4.90 Å². The van der Waals surface area contributed by atoms with Gasteiger partial charge in [-0.25, -0.2) is 13.1 Å². The fourth-order valence-electron chi connectivity index (χ4n) is 2.87. The van der Waals surface area contributed by atoms with E-state index in [4.69, 9.17) is 0 Å². The van der Waals surface area contributed by atoms with Crippen molar-refractivity contribution in [1.29, 1.82) is 0 Å². The number of hydrogen-bond donors (Lipinski definition) is 3. The zero-order valence-electron chi connectivity index (χ0n) is 13.1. The number of hydrogen-bond acceptors (Lipinski definition) is 4. The quantitative estimate of drug-likeness (QED) is 0.705. The summed E-state index contributed by atoms with van der Waals surface area (Å²) in [5.74, 6) is -0.283.